The zero-order valence-electron chi connectivity index (χ0n) is 14.0. The van der Waals surface area contributed by atoms with Gasteiger partial charge < -0.3 is 9.53 Å². The summed E-state index contributed by atoms with van der Waals surface area (Å²) in [6, 6.07) is 10.0. The van der Waals surface area contributed by atoms with Crippen LogP contribution < -0.4 is 4.74 Å². The highest BCUT2D eigenvalue weighted by atomic mass is 35.5. The van der Waals surface area contributed by atoms with Gasteiger partial charge in [0.15, 0.2) is 0 Å². The highest BCUT2D eigenvalue weighted by Crippen LogP contribution is 2.25. The Kier molecular flexibility index (Phi) is 5.90. The molecule has 1 aliphatic heterocycles. The summed E-state index contributed by atoms with van der Waals surface area (Å²) in [5.74, 6) is 0.479. The standard InChI is InChI=1S/C18H19ClN2O4S/c19-15-5-6-18(20-13-15)25-16-7-10-21(11-8-16)26(23,24)17-4-2-1-3-14(17)9-12-22/h1-6,12-13,16H,7-11H2. The van der Waals surface area contributed by atoms with E-state index in [2.05, 4.69) is 4.98 Å². The molecule has 0 bridgehead atoms. The number of ether oxygens (including phenoxy) is 1. The molecule has 2 aromatic rings. The molecule has 1 aromatic heterocycles. The number of carbonyl (C=O) groups excluding carboxylic acids is 1. The van der Waals surface area contributed by atoms with E-state index in [1.54, 1.807) is 36.4 Å². The lowest BCUT2D eigenvalue weighted by molar-refractivity contribution is -0.107. The quantitative estimate of drug-likeness (QED) is 0.704. The van der Waals surface area contributed by atoms with Crippen molar-refractivity contribution in [1.82, 2.24) is 9.29 Å². The van der Waals surface area contributed by atoms with Crippen LogP contribution in [0.4, 0.5) is 0 Å². The van der Waals surface area contributed by atoms with Gasteiger partial charge in [0.05, 0.1) is 9.92 Å². The number of sulfonamides is 1. The van der Waals surface area contributed by atoms with Gasteiger partial charge in [-0.3, -0.25) is 0 Å². The molecule has 0 aliphatic carbocycles. The van der Waals surface area contributed by atoms with E-state index < -0.39 is 10.0 Å². The first-order valence-electron chi connectivity index (χ1n) is 8.30. The first-order valence-corrected chi connectivity index (χ1v) is 10.1. The normalized spacial score (nSPS) is 16.3. The van der Waals surface area contributed by atoms with Crippen molar-refractivity contribution in [2.45, 2.75) is 30.3 Å². The van der Waals surface area contributed by atoms with Crippen molar-refractivity contribution in [3.05, 3.63) is 53.2 Å². The van der Waals surface area contributed by atoms with E-state index in [1.807, 2.05) is 0 Å². The monoisotopic (exact) mass is 394 g/mol. The molecule has 8 heteroatoms. The van der Waals surface area contributed by atoms with Crippen molar-refractivity contribution in [3.8, 4) is 5.88 Å². The third-order valence-electron chi connectivity index (χ3n) is 4.28. The lowest BCUT2D eigenvalue weighted by atomic mass is 10.1. The number of halogens is 1. The molecule has 1 aliphatic rings. The SMILES string of the molecule is O=CCc1ccccc1S(=O)(=O)N1CCC(Oc2ccc(Cl)cn2)CC1. The summed E-state index contributed by atoms with van der Waals surface area (Å²) in [4.78, 5) is 15.1. The fourth-order valence-electron chi connectivity index (χ4n) is 2.95. The Morgan fingerprint density at radius 1 is 1.19 bits per heavy atom. The van der Waals surface area contributed by atoms with E-state index in [1.165, 1.54) is 10.5 Å². The van der Waals surface area contributed by atoms with Crippen LogP contribution in [0.3, 0.4) is 0 Å². The van der Waals surface area contributed by atoms with E-state index in [4.69, 9.17) is 16.3 Å². The van der Waals surface area contributed by atoms with E-state index in [9.17, 15) is 13.2 Å². The molecule has 1 saturated heterocycles. The van der Waals surface area contributed by atoms with Crippen LogP contribution in [0.15, 0.2) is 47.5 Å². The molecule has 6 nitrogen and oxygen atoms in total. The maximum Gasteiger partial charge on any atom is 0.243 e. The second-order valence-corrected chi connectivity index (χ2v) is 8.36. The topological polar surface area (TPSA) is 76.6 Å². The molecule has 0 atom stereocenters. The molecule has 0 N–H and O–H groups in total. The highest BCUT2D eigenvalue weighted by molar-refractivity contribution is 7.89. The van der Waals surface area contributed by atoms with Crippen molar-refractivity contribution in [3.63, 3.8) is 0 Å². The number of pyridine rings is 1. The maximum absolute atomic E-state index is 12.9. The van der Waals surface area contributed by atoms with Gasteiger partial charge in [-0.1, -0.05) is 29.8 Å². The number of hydrogen-bond acceptors (Lipinski definition) is 5. The van der Waals surface area contributed by atoms with Gasteiger partial charge in [0.25, 0.3) is 0 Å². The largest absolute Gasteiger partial charge is 0.474 e. The summed E-state index contributed by atoms with van der Waals surface area (Å²) in [6.45, 7) is 0.714. The number of benzene rings is 1. The first-order chi connectivity index (χ1) is 12.5. The minimum absolute atomic E-state index is 0.0806. The van der Waals surface area contributed by atoms with Crippen LogP contribution in [0.5, 0.6) is 5.88 Å². The molecule has 0 radical (unpaired) electrons. The van der Waals surface area contributed by atoms with Gasteiger partial charge >= 0.3 is 0 Å². The first kappa shape index (κ1) is 18.8. The Labute approximate surface area is 157 Å². The van der Waals surface area contributed by atoms with Gasteiger partial charge in [0, 0.05) is 31.8 Å². The van der Waals surface area contributed by atoms with Gasteiger partial charge in [-0.2, -0.15) is 4.31 Å². The Morgan fingerprint density at radius 3 is 2.58 bits per heavy atom. The van der Waals surface area contributed by atoms with Gasteiger partial charge in [0.2, 0.25) is 15.9 Å². The van der Waals surface area contributed by atoms with Crippen LogP contribution in [0, 0.1) is 0 Å². The van der Waals surface area contributed by atoms with Crippen molar-refractivity contribution < 1.29 is 17.9 Å². The highest BCUT2D eigenvalue weighted by Gasteiger charge is 2.31. The smallest absolute Gasteiger partial charge is 0.243 e. The fourth-order valence-corrected chi connectivity index (χ4v) is 4.76. The number of aromatic nitrogens is 1. The minimum atomic E-state index is -3.63. The van der Waals surface area contributed by atoms with Crippen LogP contribution in [0.2, 0.25) is 5.02 Å². The van der Waals surface area contributed by atoms with Gasteiger partial charge in [0.1, 0.15) is 12.4 Å². The molecular weight excluding hydrogens is 376 g/mol. The van der Waals surface area contributed by atoms with Gasteiger partial charge in [-0.25, -0.2) is 13.4 Å². The fraction of sp³-hybridized carbons (Fsp3) is 0.333. The van der Waals surface area contributed by atoms with Crippen LogP contribution >= 0.6 is 11.6 Å². The molecule has 2 heterocycles. The number of aldehydes is 1. The number of carbonyl (C=O) groups is 1. The predicted molar refractivity (Wildman–Crippen MR) is 97.9 cm³/mol. The average Bonchev–Trinajstić information content (AvgIpc) is 2.65. The summed E-state index contributed by atoms with van der Waals surface area (Å²) < 4.78 is 33.1. The number of piperidine rings is 1. The Balaban J connectivity index is 1.67. The lowest BCUT2D eigenvalue weighted by Crippen LogP contribution is -2.42. The Morgan fingerprint density at radius 2 is 1.92 bits per heavy atom. The summed E-state index contributed by atoms with van der Waals surface area (Å²) >= 11 is 5.80. The van der Waals surface area contributed by atoms with Gasteiger partial charge in [-0.15, -0.1) is 0 Å². The number of rotatable bonds is 6. The molecule has 0 spiro atoms. The maximum atomic E-state index is 12.9. The third kappa shape index (κ3) is 4.23. The molecule has 1 aromatic carbocycles. The zero-order valence-corrected chi connectivity index (χ0v) is 15.6. The molecule has 1 fully saturated rings. The molecule has 0 amide bonds. The van der Waals surface area contributed by atoms with Crippen LogP contribution in [-0.2, 0) is 21.2 Å². The van der Waals surface area contributed by atoms with Crippen LogP contribution in [0.25, 0.3) is 0 Å². The van der Waals surface area contributed by atoms with E-state index >= 15 is 0 Å². The molecule has 0 saturated carbocycles. The predicted octanol–water partition coefficient (Wildman–Crippen LogP) is 2.71. The van der Waals surface area contributed by atoms with Crippen molar-refractivity contribution in [2.24, 2.45) is 0 Å². The lowest BCUT2D eigenvalue weighted by Gasteiger charge is -2.31. The summed E-state index contributed by atoms with van der Waals surface area (Å²) in [5.41, 5.74) is 0.520. The second kappa shape index (κ2) is 8.16. The molecule has 3 rings (SSSR count). The number of nitrogens with zero attached hydrogens (tertiary/aromatic N) is 2. The van der Waals surface area contributed by atoms with Crippen LogP contribution in [-0.4, -0.2) is 43.2 Å². The van der Waals surface area contributed by atoms with E-state index in [0.717, 1.165) is 0 Å². The zero-order chi connectivity index (χ0) is 18.6. The third-order valence-corrected chi connectivity index (χ3v) is 6.50. The molecule has 138 valence electrons. The van der Waals surface area contributed by atoms with Gasteiger partial charge in [-0.05, 0) is 30.5 Å². The van der Waals surface area contributed by atoms with Crippen molar-refractivity contribution >= 4 is 27.9 Å². The Bertz CT molecular complexity index is 863. The van der Waals surface area contributed by atoms with Crippen molar-refractivity contribution in [2.75, 3.05) is 13.1 Å². The second-order valence-electron chi connectivity index (χ2n) is 6.01. The summed E-state index contributed by atoms with van der Waals surface area (Å²) in [5, 5.41) is 0.534. The average molecular weight is 395 g/mol. The summed E-state index contributed by atoms with van der Waals surface area (Å²) in [7, 11) is -3.63. The Hall–Kier alpha value is -1.96. The van der Waals surface area contributed by atoms with Crippen LogP contribution in [0.1, 0.15) is 18.4 Å². The molecular formula is C18H19ClN2O4S. The number of hydrogen-bond donors (Lipinski definition) is 0. The summed E-state index contributed by atoms with van der Waals surface area (Å²) in [6.07, 6.45) is 3.35. The molecule has 0 unspecified atom stereocenters. The van der Waals surface area contributed by atoms with Crippen molar-refractivity contribution in [1.29, 1.82) is 0 Å². The van der Waals surface area contributed by atoms with E-state index in [-0.39, 0.29) is 17.4 Å². The molecule has 26 heavy (non-hydrogen) atoms. The minimum Gasteiger partial charge on any atom is -0.474 e. The van der Waals surface area contributed by atoms with E-state index in [0.29, 0.717) is 48.7 Å².